The van der Waals surface area contributed by atoms with Gasteiger partial charge in [-0.15, -0.1) is 13.2 Å². The number of aryl methyl sites for hydroxylation is 2. The highest BCUT2D eigenvalue weighted by atomic mass is 19.4. The monoisotopic (exact) mass is 475 g/mol. The molecule has 0 saturated heterocycles. The van der Waals surface area contributed by atoms with E-state index in [0.717, 1.165) is 24.5 Å². The molecular formula is C25H25F4N3O2. The molecule has 1 saturated carbocycles. The third-order valence-corrected chi connectivity index (χ3v) is 6.16. The minimum atomic E-state index is -4.90. The average Bonchev–Trinajstić information content (AvgIpc) is 3.55. The molecule has 3 aromatic rings. The number of carbonyl (C=O) groups is 1. The van der Waals surface area contributed by atoms with Crippen LogP contribution in [0.2, 0.25) is 0 Å². The number of nitrogens with zero attached hydrogens (tertiary/aromatic N) is 2. The number of alkyl halides is 3. The Hall–Kier alpha value is -3.36. The zero-order chi connectivity index (χ0) is 24.6. The fourth-order valence-corrected chi connectivity index (χ4v) is 4.23. The first-order valence-corrected chi connectivity index (χ1v) is 11.0. The lowest BCUT2D eigenvalue weighted by Gasteiger charge is -2.18. The topological polar surface area (TPSA) is 60.0 Å². The molecule has 9 heteroatoms. The SMILES string of the molecule is Cc1cc([C@@H](CC(=O)c2cc(Cn3ccn(C)c3=N)cc(OC(F)(F)F)c2)C2CC2)ccc1F. The number of benzene rings is 2. The molecule has 2 aromatic carbocycles. The van der Waals surface area contributed by atoms with E-state index in [2.05, 4.69) is 4.74 Å². The third-order valence-electron chi connectivity index (χ3n) is 6.16. The third kappa shape index (κ3) is 5.58. The van der Waals surface area contributed by atoms with Gasteiger partial charge in [-0.05, 0) is 72.6 Å². The van der Waals surface area contributed by atoms with E-state index >= 15 is 0 Å². The first-order chi connectivity index (χ1) is 16.0. The van der Waals surface area contributed by atoms with Crippen LogP contribution in [0.1, 0.15) is 52.2 Å². The van der Waals surface area contributed by atoms with Crippen molar-refractivity contribution in [3.63, 3.8) is 0 Å². The van der Waals surface area contributed by atoms with Crippen LogP contribution in [0, 0.1) is 24.1 Å². The van der Waals surface area contributed by atoms with Crippen LogP contribution < -0.4 is 10.4 Å². The predicted octanol–water partition coefficient (Wildman–Crippen LogP) is 5.47. The number of aromatic nitrogens is 2. The largest absolute Gasteiger partial charge is 0.573 e. The summed E-state index contributed by atoms with van der Waals surface area (Å²) in [7, 11) is 1.69. The van der Waals surface area contributed by atoms with Gasteiger partial charge in [0, 0.05) is 31.4 Å². The first kappa shape index (κ1) is 23.8. The maximum absolute atomic E-state index is 13.7. The van der Waals surface area contributed by atoms with Gasteiger partial charge in [-0.3, -0.25) is 10.2 Å². The van der Waals surface area contributed by atoms with E-state index in [1.807, 2.05) is 0 Å². The number of ether oxygens (including phenoxy) is 1. The normalized spacial score (nSPS) is 14.8. The predicted molar refractivity (Wildman–Crippen MR) is 117 cm³/mol. The van der Waals surface area contributed by atoms with Gasteiger partial charge < -0.3 is 13.9 Å². The summed E-state index contributed by atoms with van der Waals surface area (Å²) in [6, 6.07) is 8.68. The number of imidazole rings is 1. The van der Waals surface area contributed by atoms with Gasteiger partial charge in [-0.2, -0.15) is 0 Å². The number of rotatable bonds is 8. The van der Waals surface area contributed by atoms with E-state index in [-0.39, 0.29) is 47.6 Å². The maximum atomic E-state index is 13.7. The van der Waals surface area contributed by atoms with Crippen molar-refractivity contribution in [2.45, 2.75) is 45.0 Å². The molecule has 1 N–H and O–H groups in total. The molecule has 0 spiro atoms. The molecule has 34 heavy (non-hydrogen) atoms. The van der Waals surface area contributed by atoms with Crippen LogP contribution in [0.25, 0.3) is 0 Å². The molecule has 0 radical (unpaired) electrons. The number of hydrogen-bond donors (Lipinski definition) is 1. The van der Waals surface area contributed by atoms with Gasteiger partial charge in [-0.25, -0.2) is 4.39 Å². The number of halogens is 4. The lowest BCUT2D eigenvalue weighted by atomic mass is 9.86. The summed E-state index contributed by atoms with van der Waals surface area (Å²) in [5.41, 5.74) is 2.04. The van der Waals surface area contributed by atoms with Crippen LogP contribution in [0.5, 0.6) is 5.75 Å². The van der Waals surface area contributed by atoms with Crippen LogP contribution in [0.4, 0.5) is 17.6 Å². The van der Waals surface area contributed by atoms with E-state index in [4.69, 9.17) is 5.41 Å². The molecule has 0 bridgehead atoms. The van der Waals surface area contributed by atoms with Crippen LogP contribution >= 0.6 is 0 Å². The Labute approximate surface area is 194 Å². The Bertz CT molecular complexity index is 1270. The Balaban J connectivity index is 1.64. The van der Waals surface area contributed by atoms with Gasteiger partial charge in [0.05, 0.1) is 6.54 Å². The van der Waals surface area contributed by atoms with E-state index in [9.17, 15) is 22.4 Å². The van der Waals surface area contributed by atoms with Gasteiger partial charge in [0.15, 0.2) is 5.78 Å². The second kappa shape index (κ2) is 9.12. The number of Topliss-reactive ketones (excluding diaryl/α,β-unsaturated/α-hetero) is 1. The molecule has 1 heterocycles. The minimum absolute atomic E-state index is 0.104. The number of ketones is 1. The van der Waals surface area contributed by atoms with Crippen LogP contribution in [-0.2, 0) is 13.6 Å². The molecule has 1 aromatic heterocycles. The first-order valence-electron chi connectivity index (χ1n) is 11.0. The highest BCUT2D eigenvalue weighted by Gasteiger charge is 2.35. The Morgan fingerprint density at radius 1 is 1.18 bits per heavy atom. The molecule has 0 aliphatic heterocycles. The van der Waals surface area contributed by atoms with Crippen LogP contribution in [-0.4, -0.2) is 21.3 Å². The fourth-order valence-electron chi connectivity index (χ4n) is 4.23. The quantitative estimate of drug-likeness (QED) is 0.347. The molecule has 1 aliphatic carbocycles. The maximum Gasteiger partial charge on any atom is 0.573 e. The average molecular weight is 475 g/mol. The highest BCUT2D eigenvalue weighted by molar-refractivity contribution is 5.97. The standard InChI is InChI=1S/C25H25F4N3O2/c1-15-9-18(5-6-22(15)26)21(17-3-4-17)13-23(33)19-10-16(11-20(12-19)34-25(27,28)29)14-32-8-7-31(2)24(32)30/h5-12,17,21,30H,3-4,13-14H2,1-2H3/t21-/m0/s1. The summed E-state index contributed by atoms with van der Waals surface area (Å²) >= 11 is 0. The molecule has 1 atom stereocenters. The molecule has 0 unspecified atom stereocenters. The molecule has 1 fully saturated rings. The van der Waals surface area contributed by atoms with Crippen molar-refractivity contribution in [1.29, 1.82) is 5.41 Å². The summed E-state index contributed by atoms with van der Waals surface area (Å²) in [6.45, 7) is 1.77. The minimum Gasteiger partial charge on any atom is -0.406 e. The van der Waals surface area contributed by atoms with E-state index in [0.29, 0.717) is 11.1 Å². The van der Waals surface area contributed by atoms with Gasteiger partial charge in [0.1, 0.15) is 11.6 Å². The van der Waals surface area contributed by atoms with Gasteiger partial charge in [-0.1, -0.05) is 12.1 Å². The van der Waals surface area contributed by atoms with Crippen molar-refractivity contribution in [3.05, 3.63) is 82.5 Å². The molecule has 0 amide bonds. The molecule has 4 rings (SSSR count). The summed E-state index contributed by atoms with van der Waals surface area (Å²) in [5.74, 6) is -0.952. The van der Waals surface area contributed by atoms with Crippen LogP contribution in [0.3, 0.4) is 0 Å². The van der Waals surface area contributed by atoms with Gasteiger partial charge >= 0.3 is 6.36 Å². The van der Waals surface area contributed by atoms with Crippen LogP contribution in [0.15, 0.2) is 48.8 Å². The Morgan fingerprint density at radius 2 is 1.91 bits per heavy atom. The summed E-state index contributed by atoms with van der Waals surface area (Å²) in [5, 5.41) is 8.06. The molecular weight excluding hydrogens is 450 g/mol. The highest BCUT2D eigenvalue weighted by Crippen LogP contribution is 2.45. The smallest absolute Gasteiger partial charge is 0.406 e. The van der Waals surface area contributed by atoms with E-state index < -0.39 is 12.1 Å². The Kier molecular flexibility index (Phi) is 6.38. The fraction of sp³-hybridized carbons (Fsp3) is 0.360. The zero-order valence-electron chi connectivity index (χ0n) is 18.8. The second-order valence-electron chi connectivity index (χ2n) is 8.85. The van der Waals surface area contributed by atoms with Crippen molar-refractivity contribution in [2.24, 2.45) is 13.0 Å². The van der Waals surface area contributed by atoms with Crippen molar-refractivity contribution in [3.8, 4) is 5.75 Å². The van der Waals surface area contributed by atoms with E-state index in [1.54, 1.807) is 53.7 Å². The summed E-state index contributed by atoms with van der Waals surface area (Å²) in [6.07, 6.45) is 0.409. The zero-order valence-corrected chi connectivity index (χ0v) is 18.8. The van der Waals surface area contributed by atoms with Gasteiger partial charge in [0.2, 0.25) is 5.62 Å². The summed E-state index contributed by atoms with van der Waals surface area (Å²) < 4.78 is 59.8. The van der Waals surface area contributed by atoms with Crippen molar-refractivity contribution in [2.75, 3.05) is 0 Å². The van der Waals surface area contributed by atoms with Crippen molar-refractivity contribution < 1.29 is 27.1 Å². The summed E-state index contributed by atoms with van der Waals surface area (Å²) in [4.78, 5) is 13.2. The van der Waals surface area contributed by atoms with Gasteiger partial charge in [0.25, 0.3) is 0 Å². The van der Waals surface area contributed by atoms with Crippen molar-refractivity contribution in [1.82, 2.24) is 9.13 Å². The van der Waals surface area contributed by atoms with Crippen molar-refractivity contribution >= 4 is 5.78 Å². The molecule has 5 nitrogen and oxygen atoms in total. The Morgan fingerprint density at radius 3 is 2.50 bits per heavy atom. The lowest BCUT2D eigenvalue weighted by Crippen LogP contribution is -2.23. The molecule has 180 valence electrons. The second-order valence-corrected chi connectivity index (χ2v) is 8.85. The molecule has 1 aliphatic rings. The number of hydrogen-bond acceptors (Lipinski definition) is 3. The number of nitrogens with one attached hydrogen (secondary N) is 1. The lowest BCUT2D eigenvalue weighted by molar-refractivity contribution is -0.274. The van der Waals surface area contributed by atoms with E-state index in [1.165, 1.54) is 12.1 Å². The number of carbonyl (C=O) groups excluding carboxylic acids is 1.